The van der Waals surface area contributed by atoms with Gasteiger partial charge in [-0.15, -0.1) is 0 Å². The molecule has 3 nitrogen and oxygen atoms in total. The summed E-state index contributed by atoms with van der Waals surface area (Å²) in [6.45, 7) is 4.75. The van der Waals surface area contributed by atoms with Crippen LogP contribution in [0.1, 0.15) is 43.2 Å². The monoisotopic (exact) mass is 260 g/mol. The molecule has 0 spiro atoms. The van der Waals surface area contributed by atoms with E-state index in [1.807, 2.05) is 12.1 Å². The van der Waals surface area contributed by atoms with Crippen molar-refractivity contribution in [1.82, 2.24) is 5.32 Å². The molecule has 1 aromatic carbocycles. The van der Waals surface area contributed by atoms with Crippen LogP contribution in [-0.4, -0.2) is 18.5 Å². The lowest BCUT2D eigenvalue weighted by molar-refractivity contribution is -0.122. The first kappa shape index (κ1) is 14.1. The highest BCUT2D eigenvalue weighted by Gasteiger charge is 2.31. The van der Waals surface area contributed by atoms with E-state index in [4.69, 9.17) is 5.73 Å². The molecule has 2 unspecified atom stereocenters. The Morgan fingerprint density at radius 2 is 2.11 bits per heavy atom. The lowest BCUT2D eigenvalue weighted by Crippen LogP contribution is -2.42. The van der Waals surface area contributed by atoms with E-state index in [1.165, 1.54) is 24.0 Å². The van der Waals surface area contributed by atoms with Crippen LogP contribution in [0.5, 0.6) is 0 Å². The number of nitrogens with one attached hydrogen (secondary N) is 1. The van der Waals surface area contributed by atoms with Crippen molar-refractivity contribution in [3.8, 4) is 0 Å². The Hall–Kier alpha value is -1.35. The van der Waals surface area contributed by atoms with Crippen LogP contribution in [0.25, 0.3) is 0 Å². The van der Waals surface area contributed by atoms with Gasteiger partial charge in [0, 0.05) is 19.0 Å². The normalized spacial score (nSPS) is 17.8. The molecule has 19 heavy (non-hydrogen) atoms. The van der Waals surface area contributed by atoms with Crippen LogP contribution in [0.15, 0.2) is 24.3 Å². The number of aryl methyl sites for hydroxylation is 1. The smallest absolute Gasteiger partial charge is 0.220 e. The van der Waals surface area contributed by atoms with Crippen molar-refractivity contribution < 1.29 is 4.79 Å². The largest absolute Gasteiger partial charge is 0.352 e. The molecule has 1 aromatic rings. The number of nitrogens with two attached hydrogens (primary N) is 1. The Balaban J connectivity index is 1.89. The van der Waals surface area contributed by atoms with Crippen molar-refractivity contribution in [1.29, 1.82) is 0 Å². The first-order valence-electron chi connectivity index (χ1n) is 7.16. The van der Waals surface area contributed by atoms with Crippen molar-refractivity contribution in [3.63, 3.8) is 0 Å². The maximum atomic E-state index is 12.1. The average molecular weight is 260 g/mol. The van der Waals surface area contributed by atoms with Crippen LogP contribution in [0.3, 0.4) is 0 Å². The van der Waals surface area contributed by atoms with Gasteiger partial charge in [-0.25, -0.2) is 0 Å². The maximum Gasteiger partial charge on any atom is 0.220 e. The van der Waals surface area contributed by atoms with Gasteiger partial charge in [0.2, 0.25) is 5.91 Å². The second-order valence-corrected chi connectivity index (χ2v) is 5.71. The molecule has 2 rings (SSSR count). The molecule has 104 valence electrons. The van der Waals surface area contributed by atoms with Crippen molar-refractivity contribution in [3.05, 3.63) is 35.4 Å². The zero-order valence-electron chi connectivity index (χ0n) is 11.9. The molecule has 3 heteroatoms. The SMILES string of the molecule is Cc1ccccc1C(C)CC(=O)NC(CN)C1CC1. The third-order valence-corrected chi connectivity index (χ3v) is 4.00. The molecular weight excluding hydrogens is 236 g/mol. The molecule has 3 N–H and O–H groups in total. The van der Waals surface area contributed by atoms with Crippen LogP contribution < -0.4 is 11.1 Å². The van der Waals surface area contributed by atoms with Crippen LogP contribution >= 0.6 is 0 Å². The van der Waals surface area contributed by atoms with Gasteiger partial charge in [0.1, 0.15) is 0 Å². The van der Waals surface area contributed by atoms with E-state index in [0.29, 0.717) is 18.9 Å². The molecule has 0 heterocycles. The van der Waals surface area contributed by atoms with Crippen LogP contribution in [0.4, 0.5) is 0 Å². The second-order valence-electron chi connectivity index (χ2n) is 5.71. The average Bonchev–Trinajstić information content (AvgIpc) is 3.20. The summed E-state index contributed by atoms with van der Waals surface area (Å²) in [5.41, 5.74) is 8.22. The summed E-state index contributed by atoms with van der Waals surface area (Å²) in [6, 6.07) is 8.44. The third kappa shape index (κ3) is 3.80. The summed E-state index contributed by atoms with van der Waals surface area (Å²) in [4.78, 5) is 12.1. The minimum absolute atomic E-state index is 0.123. The Kier molecular flexibility index (Phi) is 4.59. The standard InChI is InChI=1S/C16H24N2O/c1-11-5-3-4-6-14(11)12(2)9-16(19)18-15(10-17)13-7-8-13/h3-6,12-13,15H,7-10,17H2,1-2H3,(H,18,19). The van der Waals surface area contributed by atoms with Gasteiger partial charge in [-0.2, -0.15) is 0 Å². The highest BCUT2D eigenvalue weighted by Crippen LogP contribution is 2.32. The lowest BCUT2D eigenvalue weighted by Gasteiger charge is -2.19. The van der Waals surface area contributed by atoms with Crippen molar-refractivity contribution >= 4 is 5.91 Å². The Morgan fingerprint density at radius 1 is 1.42 bits per heavy atom. The van der Waals surface area contributed by atoms with Crippen LogP contribution in [-0.2, 0) is 4.79 Å². The summed E-state index contributed by atoms with van der Waals surface area (Å²) in [7, 11) is 0. The fourth-order valence-electron chi connectivity index (χ4n) is 2.66. The van der Waals surface area contributed by atoms with E-state index in [0.717, 1.165) is 0 Å². The molecule has 0 radical (unpaired) electrons. The van der Waals surface area contributed by atoms with Gasteiger partial charge < -0.3 is 11.1 Å². The summed E-state index contributed by atoms with van der Waals surface area (Å²) < 4.78 is 0. The molecule has 2 atom stereocenters. The minimum Gasteiger partial charge on any atom is -0.352 e. The van der Waals surface area contributed by atoms with Gasteiger partial charge in [0.05, 0.1) is 0 Å². The van der Waals surface area contributed by atoms with Crippen molar-refractivity contribution in [2.24, 2.45) is 11.7 Å². The van der Waals surface area contributed by atoms with E-state index < -0.39 is 0 Å². The predicted octanol–water partition coefficient (Wildman–Crippen LogP) is 2.34. The molecule has 0 saturated heterocycles. The number of carbonyl (C=O) groups is 1. The second kappa shape index (κ2) is 6.20. The number of amides is 1. The van der Waals surface area contributed by atoms with E-state index in [2.05, 4.69) is 31.3 Å². The molecular formula is C16H24N2O. The highest BCUT2D eigenvalue weighted by molar-refractivity contribution is 5.77. The molecule has 1 amide bonds. The number of hydrogen-bond donors (Lipinski definition) is 2. The Bertz CT molecular complexity index is 440. The lowest BCUT2D eigenvalue weighted by atomic mass is 9.93. The predicted molar refractivity (Wildman–Crippen MR) is 77.9 cm³/mol. The Morgan fingerprint density at radius 3 is 2.68 bits per heavy atom. The fraction of sp³-hybridized carbons (Fsp3) is 0.562. The molecule has 0 aromatic heterocycles. The van der Waals surface area contributed by atoms with E-state index in [1.54, 1.807) is 0 Å². The molecule has 1 saturated carbocycles. The van der Waals surface area contributed by atoms with Crippen LogP contribution in [0.2, 0.25) is 0 Å². The quantitative estimate of drug-likeness (QED) is 0.825. The van der Waals surface area contributed by atoms with Crippen LogP contribution in [0, 0.1) is 12.8 Å². The fourth-order valence-corrected chi connectivity index (χ4v) is 2.66. The summed E-state index contributed by atoms with van der Waals surface area (Å²) in [5.74, 6) is 0.986. The van der Waals surface area contributed by atoms with E-state index >= 15 is 0 Å². The molecule has 1 aliphatic carbocycles. The summed E-state index contributed by atoms with van der Waals surface area (Å²) in [5, 5.41) is 3.08. The summed E-state index contributed by atoms with van der Waals surface area (Å²) >= 11 is 0. The van der Waals surface area contributed by atoms with Gasteiger partial charge in [-0.1, -0.05) is 31.2 Å². The minimum atomic E-state index is 0.123. The molecule has 0 bridgehead atoms. The zero-order chi connectivity index (χ0) is 13.8. The third-order valence-electron chi connectivity index (χ3n) is 4.00. The first-order valence-corrected chi connectivity index (χ1v) is 7.16. The van der Waals surface area contributed by atoms with Gasteiger partial charge in [0.15, 0.2) is 0 Å². The van der Waals surface area contributed by atoms with Gasteiger partial charge in [-0.05, 0) is 42.7 Å². The zero-order valence-corrected chi connectivity index (χ0v) is 11.9. The first-order chi connectivity index (χ1) is 9.11. The number of rotatable bonds is 6. The van der Waals surface area contributed by atoms with E-state index in [-0.39, 0.29) is 17.9 Å². The Labute approximate surface area is 115 Å². The number of benzene rings is 1. The van der Waals surface area contributed by atoms with Gasteiger partial charge in [-0.3, -0.25) is 4.79 Å². The van der Waals surface area contributed by atoms with E-state index in [9.17, 15) is 4.79 Å². The van der Waals surface area contributed by atoms with Crippen molar-refractivity contribution in [2.45, 2.75) is 45.1 Å². The number of carbonyl (C=O) groups excluding carboxylic acids is 1. The van der Waals surface area contributed by atoms with Gasteiger partial charge >= 0.3 is 0 Å². The van der Waals surface area contributed by atoms with Gasteiger partial charge in [0.25, 0.3) is 0 Å². The van der Waals surface area contributed by atoms with Crippen molar-refractivity contribution in [2.75, 3.05) is 6.54 Å². The highest BCUT2D eigenvalue weighted by atomic mass is 16.1. The topological polar surface area (TPSA) is 55.1 Å². The summed E-state index contributed by atoms with van der Waals surface area (Å²) in [6.07, 6.45) is 2.94. The molecule has 1 fully saturated rings. The maximum absolute atomic E-state index is 12.1. The molecule has 1 aliphatic rings. The molecule has 0 aliphatic heterocycles. The number of hydrogen-bond acceptors (Lipinski definition) is 2.